The van der Waals surface area contributed by atoms with Crippen molar-refractivity contribution in [1.82, 2.24) is 9.97 Å². The van der Waals surface area contributed by atoms with Crippen LogP contribution in [0.3, 0.4) is 0 Å². The van der Waals surface area contributed by atoms with Crippen molar-refractivity contribution in [2.45, 2.75) is 25.9 Å². The fourth-order valence-corrected chi connectivity index (χ4v) is 2.72. The van der Waals surface area contributed by atoms with Crippen LogP contribution < -0.4 is 10.1 Å². The van der Waals surface area contributed by atoms with Crippen LogP contribution in [0.4, 0.5) is 5.82 Å². The van der Waals surface area contributed by atoms with Crippen molar-refractivity contribution in [3.63, 3.8) is 0 Å². The molecule has 1 unspecified atom stereocenters. The monoisotopic (exact) mass is 333 g/mol. The van der Waals surface area contributed by atoms with Gasteiger partial charge in [-0.05, 0) is 27.6 Å². The third-order valence-electron chi connectivity index (χ3n) is 3.28. The first kappa shape index (κ1) is 13.4. The minimum absolute atomic E-state index is 0.159. The summed E-state index contributed by atoms with van der Waals surface area (Å²) in [4.78, 5) is 8.75. The summed E-state index contributed by atoms with van der Waals surface area (Å²) in [7, 11) is 0. The predicted molar refractivity (Wildman–Crippen MR) is 82.2 cm³/mol. The summed E-state index contributed by atoms with van der Waals surface area (Å²) >= 11 is 3.41. The zero-order valence-electron chi connectivity index (χ0n) is 11.3. The summed E-state index contributed by atoms with van der Waals surface area (Å²) in [6.07, 6.45) is 1.92. The smallest absolute Gasteiger partial charge is 0.131 e. The third kappa shape index (κ3) is 2.93. The van der Waals surface area contributed by atoms with Gasteiger partial charge in [0, 0.05) is 18.9 Å². The lowest BCUT2D eigenvalue weighted by Crippen LogP contribution is -2.24. The predicted octanol–water partition coefficient (Wildman–Crippen LogP) is 3.22. The van der Waals surface area contributed by atoms with Gasteiger partial charge in [0.15, 0.2) is 0 Å². The molecule has 0 saturated carbocycles. The topological polar surface area (TPSA) is 47.0 Å². The van der Waals surface area contributed by atoms with Crippen molar-refractivity contribution < 1.29 is 4.74 Å². The molecule has 0 bridgehead atoms. The Kier molecular flexibility index (Phi) is 3.87. The summed E-state index contributed by atoms with van der Waals surface area (Å²) in [5, 5.41) is 3.33. The number of aryl methyl sites for hydroxylation is 1. The average molecular weight is 334 g/mol. The van der Waals surface area contributed by atoms with Crippen LogP contribution in [-0.4, -0.2) is 22.6 Å². The number of anilines is 1. The molecule has 2 heterocycles. The molecule has 1 atom stereocenters. The van der Waals surface area contributed by atoms with Gasteiger partial charge in [0.1, 0.15) is 28.1 Å². The van der Waals surface area contributed by atoms with E-state index in [9.17, 15) is 0 Å². The molecule has 0 radical (unpaired) electrons. The minimum Gasteiger partial charge on any atom is -0.488 e. The molecule has 1 aliphatic heterocycles. The number of nitrogens with one attached hydrogen (secondary N) is 1. The van der Waals surface area contributed by atoms with Crippen LogP contribution in [0.15, 0.2) is 34.9 Å². The second kappa shape index (κ2) is 5.79. The molecule has 1 aliphatic rings. The normalized spacial score (nSPS) is 16.6. The molecule has 0 spiro atoms. The number of rotatable bonds is 4. The first-order valence-electron chi connectivity index (χ1n) is 6.76. The van der Waals surface area contributed by atoms with Crippen molar-refractivity contribution >= 4 is 21.7 Å². The van der Waals surface area contributed by atoms with Crippen LogP contribution in [0.5, 0.6) is 5.75 Å². The van der Waals surface area contributed by atoms with E-state index in [1.807, 2.05) is 31.2 Å². The Morgan fingerprint density at radius 3 is 3.00 bits per heavy atom. The zero-order chi connectivity index (χ0) is 13.9. The van der Waals surface area contributed by atoms with Crippen molar-refractivity contribution in [1.29, 1.82) is 0 Å². The van der Waals surface area contributed by atoms with Crippen LogP contribution >= 0.6 is 15.9 Å². The van der Waals surface area contributed by atoms with E-state index in [1.54, 1.807) is 0 Å². The maximum atomic E-state index is 5.90. The Morgan fingerprint density at radius 2 is 2.20 bits per heavy atom. The highest BCUT2D eigenvalue weighted by molar-refractivity contribution is 9.10. The molecule has 0 fully saturated rings. The van der Waals surface area contributed by atoms with Crippen LogP contribution in [0.25, 0.3) is 0 Å². The van der Waals surface area contributed by atoms with E-state index in [2.05, 4.69) is 37.3 Å². The van der Waals surface area contributed by atoms with E-state index >= 15 is 0 Å². The highest BCUT2D eigenvalue weighted by Crippen LogP contribution is 2.28. The van der Waals surface area contributed by atoms with Crippen molar-refractivity contribution in [3.05, 3.63) is 46.3 Å². The number of aromatic nitrogens is 2. The fourth-order valence-electron chi connectivity index (χ4n) is 2.30. The van der Waals surface area contributed by atoms with Crippen LogP contribution in [0, 0.1) is 0 Å². The van der Waals surface area contributed by atoms with Gasteiger partial charge in [0.25, 0.3) is 0 Å². The van der Waals surface area contributed by atoms with Gasteiger partial charge in [-0.2, -0.15) is 0 Å². The Labute approximate surface area is 126 Å². The molecule has 104 valence electrons. The summed E-state index contributed by atoms with van der Waals surface area (Å²) in [5.74, 6) is 2.66. The largest absolute Gasteiger partial charge is 0.488 e. The second-order valence-electron chi connectivity index (χ2n) is 4.78. The fraction of sp³-hybridized carbons (Fsp3) is 0.333. The van der Waals surface area contributed by atoms with Gasteiger partial charge >= 0.3 is 0 Å². The molecular formula is C15H16BrN3O. The van der Waals surface area contributed by atoms with E-state index in [0.717, 1.165) is 41.4 Å². The van der Waals surface area contributed by atoms with Gasteiger partial charge in [-0.25, -0.2) is 9.97 Å². The molecular weight excluding hydrogens is 318 g/mol. The molecule has 1 aromatic carbocycles. The standard InChI is InChI=1S/C15H16BrN3O/c1-2-14-18-13(16)8-15(19-14)17-9-11-7-10-5-3-4-6-12(10)20-11/h3-6,8,11H,2,7,9H2,1H3,(H,17,18,19). The first-order chi connectivity index (χ1) is 9.74. The Balaban J connectivity index is 1.63. The SMILES string of the molecule is CCc1nc(Br)cc(NCC2Cc3ccccc3O2)n1. The van der Waals surface area contributed by atoms with Gasteiger partial charge in [0.05, 0.1) is 6.54 Å². The first-order valence-corrected chi connectivity index (χ1v) is 7.56. The van der Waals surface area contributed by atoms with E-state index in [0.29, 0.717) is 0 Å². The highest BCUT2D eigenvalue weighted by Gasteiger charge is 2.22. The molecule has 1 aromatic heterocycles. The molecule has 5 heteroatoms. The molecule has 4 nitrogen and oxygen atoms in total. The lowest BCUT2D eigenvalue weighted by atomic mass is 10.1. The Hall–Kier alpha value is -1.62. The third-order valence-corrected chi connectivity index (χ3v) is 3.69. The minimum atomic E-state index is 0.159. The lowest BCUT2D eigenvalue weighted by molar-refractivity contribution is 0.246. The van der Waals surface area contributed by atoms with Crippen LogP contribution in [0.1, 0.15) is 18.3 Å². The number of ether oxygens (including phenoxy) is 1. The maximum Gasteiger partial charge on any atom is 0.131 e. The van der Waals surface area contributed by atoms with Gasteiger partial charge in [-0.1, -0.05) is 25.1 Å². The molecule has 2 aromatic rings. The van der Waals surface area contributed by atoms with E-state index < -0.39 is 0 Å². The lowest BCUT2D eigenvalue weighted by Gasteiger charge is -2.13. The maximum absolute atomic E-state index is 5.90. The van der Waals surface area contributed by atoms with Crippen molar-refractivity contribution in [2.24, 2.45) is 0 Å². The quantitative estimate of drug-likeness (QED) is 0.872. The van der Waals surface area contributed by atoms with Crippen LogP contribution in [0.2, 0.25) is 0 Å². The number of hydrogen-bond donors (Lipinski definition) is 1. The number of fused-ring (bicyclic) bond motifs is 1. The second-order valence-corrected chi connectivity index (χ2v) is 5.59. The Morgan fingerprint density at radius 1 is 1.35 bits per heavy atom. The highest BCUT2D eigenvalue weighted by atomic mass is 79.9. The van der Waals surface area contributed by atoms with E-state index in [1.165, 1.54) is 5.56 Å². The molecule has 1 N–H and O–H groups in total. The van der Waals surface area contributed by atoms with Gasteiger partial charge in [-0.15, -0.1) is 0 Å². The number of para-hydroxylation sites is 1. The number of hydrogen-bond acceptors (Lipinski definition) is 4. The summed E-state index contributed by atoms with van der Waals surface area (Å²) < 4.78 is 6.71. The zero-order valence-corrected chi connectivity index (χ0v) is 12.9. The molecule has 3 rings (SSSR count). The Bertz CT molecular complexity index is 593. The molecule has 0 saturated heterocycles. The number of nitrogens with zero attached hydrogens (tertiary/aromatic N) is 2. The van der Waals surface area contributed by atoms with Gasteiger partial charge in [0.2, 0.25) is 0 Å². The molecule has 0 aliphatic carbocycles. The van der Waals surface area contributed by atoms with Crippen LogP contribution in [-0.2, 0) is 12.8 Å². The van der Waals surface area contributed by atoms with Gasteiger partial charge in [-0.3, -0.25) is 0 Å². The average Bonchev–Trinajstić information content (AvgIpc) is 2.87. The summed E-state index contributed by atoms with van der Waals surface area (Å²) in [6.45, 7) is 2.78. The molecule has 20 heavy (non-hydrogen) atoms. The number of halogens is 1. The number of benzene rings is 1. The summed E-state index contributed by atoms with van der Waals surface area (Å²) in [5.41, 5.74) is 1.28. The van der Waals surface area contributed by atoms with Crippen molar-refractivity contribution in [3.8, 4) is 5.75 Å². The van der Waals surface area contributed by atoms with E-state index in [4.69, 9.17) is 4.74 Å². The van der Waals surface area contributed by atoms with Gasteiger partial charge < -0.3 is 10.1 Å². The van der Waals surface area contributed by atoms with E-state index in [-0.39, 0.29) is 6.10 Å². The summed E-state index contributed by atoms with van der Waals surface area (Å²) in [6, 6.07) is 10.1. The molecule has 0 amide bonds. The van der Waals surface area contributed by atoms with Crippen molar-refractivity contribution in [2.75, 3.05) is 11.9 Å².